The zero-order valence-electron chi connectivity index (χ0n) is 10.5. The van der Waals surface area contributed by atoms with E-state index in [2.05, 4.69) is 10.6 Å². The van der Waals surface area contributed by atoms with Gasteiger partial charge in [-0.1, -0.05) is 0 Å². The number of carboxylic acids is 3. The van der Waals surface area contributed by atoms with Crippen LogP contribution in [-0.4, -0.2) is 64.4 Å². The topological polar surface area (TPSA) is 162 Å². The summed E-state index contributed by atoms with van der Waals surface area (Å²) >= 11 is 0. The number of aliphatic carboxylic acids is 3. The van der Waals surface area contributed by atoms with Crippen LogP contribution in [0.25, 0.3) is 0 Å². The van der Waals surface area contributed by atoms with Crippen molar-refractivity contribution in [2.45, 2.75) is 31.5 Å². The van der Waals surface area contributed by atoms with Gasteiger partial charge in [-0.2, -0.15) is 0 Å². The molecular formula is C10H19N3O6. The lowest BCUT2D eigenvalue weighted by Crippen LogP contribution is -2.51. The first-order valence-electron chi connectivity index (χ1n) is 5.63. The van der Waals surface area contributed by atoms with Crippen LogP contribution in [0.4, 0.5) is 0 Å². The van der Waals surface area contributed by atoms with Crippen molar-refractivity contribution >= 4 is 17.9 Å². The molecule has 0 aliphatic rings. The van der Waals surface area contributed by atoms with E-state index in [-0.39, 0.29) is 19.5 Å². The molecule has 7 N–H and O–H groups in total. The summed E-state index contributed by atoms with van der Waals surface area (Å²) in [6.45, 7) is 1.38. The van der Waals surface area contributed by atoms with E-state index in [1.54, 1.807) is 6.92 Å². The highest BCUT2D eigenvalue weighted by Gasteiger charge is 2.20. The molecule has 0 saturated carbocycles. The highest BCUT2D eigenvalue weighted by Crippen LogP contribution is 1.92. The van der Waals surface area contributed by atoms with Crippen LogP contribution >= 0.6 is 0 Å². The molecule has 0 amide bonds. The Hall–Kier alpha value is -1.71. The van der Waals surface area contributed by atoms with E-state index in [1.165, 1.54) is 0 Å². The second kappa shape index (κ2) is 8.40. The van der Waals surface area contributed by atoms with E-state index >= 15 is 0 Å². The summed E-state index contributed by atoms with van der Waals surface area (Å²) in [7, 11) is 0. The van der Waals surface area contributed by atoms with Gasteiger partial charge in [0.2, 0.25) is 0 Å². The van der Waals surface area contributed by atoms with Gasteiger partial charge in [0.25, 0.3) is 0 Å². The van der Waals surface area contributed by atoms with E-state index in [9.17, 15) is 14.4 Å². The summed E-state index contributed by atoms with van der Waals surface area (Å²) in [5, 5.41) is 31.2. The molecule has 3 atom stereocenters. The van der Waals surface area contributed by atoms with Gasteiger partial charge in [-0.25, -0.2) is 0 Å². The number of nitrogens with one attached hydrogen (secondary N) is 2. The Morgan fingerprint density at radius 2 is 1.63 bits per heavy atom. The van der Waals surface area contributed by atoms with Crippen molar-refractivity contribution in [1.82, 2.24) is 10.6 Å². The standard InChI is InChI=1S/C10H19N3O6/c1-5(2-8(14)15)12-4-7(10(18)19)13-3-6(11)9(16)17/h5-7,12-13H,2-4,11H2,1H3,(H,14,15)(H,16,17)(H,18,19)/t5-,6+,7+/m1/s1. The van der Waals surface area contributed by atoms with Crippen LogP contribution in [0.15, 0.2) is 0 Å². The summed E-state index contributed by atoms with van der Waals surface area (Å²) in [5.41, 5.74) is 5.23. The SMILES string of the molecule is C[C@H](CC(=O)O)NC[C@H](NC[C@H](N)C(=O)O)C(=O)O. The average molecular weight is 277 g/mol. The molecule has 0 unspecified atom stereocenters. The Kier molecular flexibility index (Phi) is 7.65. The van der Waals surface area contributed by atoms with Crippen molar-refractivity contribution in [3.63, 3.8) is 0 Å². The summed E-state index contributed by atoms with van der Waals surface area (Å²) in [6.07, 6.45) is -0.138. The van der Waals surface area contributed by atoms with Crippen LogP contribution < -0.4 is 16.4 Å². The molecule has 0 rings (SSSR count). The lowest BCUT2D eigenvalue weighted by atomic mass is 10.2. The molecule has 19 heavy (non-hydrogen) atoms. The number of hydrogen-bond acceptors (Lipinski definition) is 6. The third kappa shape index (κ3) is 8.08. The molecule has 0 aromatic carbocycles. The normalized spacial score (nSPS) is 15.5. The van der Waals surface area contributed by atoms with Gasteiger partial charge in [-0.05, 0) is 6.92 Å². The second-order valence-electron chi connectivity index (χ2n) is 4.15. The number of carboxylic acid groups (broad SMARTS) is 3. The number of hydrogen-bond donors (Lipinski definition) is 6. The van der Waals surface area contributed by atoms with Crippen molar-refractivity contribution in [3.8, 4) is 0 Å². The fourth-order valence-corrected chi connectivity index (χ4v) is 1.26. The first kappa shape index (κ1) is 17.3. The maximum atomic E-state index is 10.9. The molecule has 0 radical (unpaired) electrons. The smallest absolute Gasteiger partial charge is 0.322 e. The zero-order chi connectivity index (χ0) is 15.0. The van der Waals surface area contributed by atoms with Crippen LogP contribution in [0.2, 0.25) is 0 Å². The van der Waals surface area contributed by atoms with Gasteiger partial charge in [-0.15, -0.1) is 0 Å². The highest BCUT2D eigenvalue weighted by atomic mass is 16.4. The second-order valence-corrected chi connectivity index (χ2v) is 4.15. The van der Waals surface area contributed by atoms with Gasteiger partial charge in [0.15, 0.2) is 0 Å². The first-order valence-corrected chi connectivity index (χ1v) is 5.63. The number of nitrogens with two attached hydrogens (primary N) is 1. The molecule has 0 fully saturated rings. The quantitative estimate of drug-likeness (QED) is 0.262. The monoisotopic (exact) mass is 277 g/mol. The Balaban J connectivity index is 4.16. The minimum Gasteiger partial charge on any atom is -0.481 e. The first-order chi connectivity index (χ1) is 8.73. The van der Waals surface area contributed by atoms with Crippen molar-refractivity contribution in [2.75, 3.05) is 13.1 Å². The Morgan fingerprint density at radius 3 is 2.05 bits per heavy atom. The average Bonchev–Trinajstić information content (AvgIpc) is 2.26. The van der Waals surface area contributed by atoms with Crippen LogP contribution in [0, 0.1) is 0 Å². The zero-order valence-corrected chi connectivity index (χ0v) is 10.5. The van der Waals surface area contributed by atoms with Crippen LogP contribution in [-0.2, 0) is 14.4 Å². The molecule has 0 aromatic rings. The molecule has 9 heteroatoms. The van der Waals surface area contributed by atoms with E-state index in [4.69, 9.17) is 21.1 Å². The maximum Gasteiger partial charge on any atom is 0.322 e. The van der Waals surface area contributed by atoms with Gasteiger partial charge in [0.05, 0.1) is 6.42 Å². The number of carbonyl (C=O) groups is 3. The number of rotatable bonds is 10. The lowest BCUT2D eigenvalue weighted by molar-refractivity contribution is -0.141. The van der Waals surface area contributed by atoms with E-state index in [0.717, 1.165) is 0 Å². The molecule has 0 heterocycles. The van der Waals surface area contributed by atoms with Gasteiger partial charge in [-0.3, -0.25) is 14.4 Å². The van der Waals surface area contributed by atoms with Crippen molar-refractivity contribution in [2.24, 2.45) is 5.73 Å². The molecule has 0 bridgehead atoms. The molecule has 0 spiro atoms. The minimum absolute atomic E-state index is 0.0316. The largest absolute Gasteiger partial charge is 0.481 e. The predicted octanol–water partition coefficient (Wildman–Crippen LogP) is -2.11. The van der Waals surface area contributed by atoms with E-state index < -0.39 is 36.0 Å². The van der Waals surface area contributed by atoms with Gasteiger partial charge >= 0.3 is 17.9 Å². The summed E-state index contributed by atoms with van der Waals surface area (Å²) in [6, 6.07) is -2.63. The van der Waals surface area contributed by atoms with Crippen LogP contribution in [0.5, 0.6) is 0 Å². The fraction of sp³-hybridized carbons (Fsp3) is 0.700. The van der Waals surface area contributed by atoms with Gasteiger partial charge in [0, 0.05) is 19.1 Å². The van der Waals surface area contributed by atoms with Crippen molar-refractivity contribution in [3.05, 3.63) is 0 Å². The van der Waals surface area contributed by atoms with Crippen molar-refractivity contribution < 1.29 is 29.7 Å². The molecular weight excluding hydrogens is 258 g/mol. The van der Waals surface area contributed by atoms with Crippen LogP contribution in [0.1, 0.15) is 13.3 Å². The van der Waals surface area contributed by atoms with Crippen LogP contribution in [0.3, 0.4) is 0 Å². The van der Waals surface area contributed by atoms with Gasteiger partial charge in [0.1, 0.15) is 12.1 Å². The summed E-state index contributed by atoms with van der Waals surface area (Å²) in [4.78, 5) is 31.8. The molecule has 0 aromatic heterocycles. The minimum atomic E-state index is -1.23. The predicted molar refractivity (Wildman–Crippen MR) is 64.8 cm³/mol. The molecule has 0 aliphatic carbocycles. The fourth-order valence-electron chi connectivity index (χ4n) is 1.26. The summed E-state index contributed by atoms with van der Waals surface area (Å²) < 4.78 is 0. The Morgan fingerprint density at radius 1 is 1.05 bits per heavy atom. The molecule has 0 aliphatic heterocycles. The maximum absolute atomic E-state index is 10.9. The van der Waals surface area contributed by atoms with E-state index in [1.807, 2.05) is 0 Å². The third-order valence-corrected chi connectivity index (χ3v) is 2.35. The molecule has 9 nitrogen and oxygen atoms in total. The third-order valence-electron chi connectivity index (χ3n) is 2.35. The molecule has 110 valence electrons. The van der Waals surface area contributed by atoms with Crippen molar-refractivity contribution in [1.29, 1.82) is 0 Å². The Bertz CT molecular complexity index is 335. The highest BCUT2D eigenvalue weighted by molar-refractivity contribution is 5.75. The van der Waals surface area contributed by atoms with Gasteiger partial charge < -0.3 is 31.7 Å². The Labute approximate surface area is 109 Å². The summed E-state index contributed by atoms with van der Waals surface area (Å²) in [5.74, 6) is -3.40. The van der Waals surface area contributed by atoms with E-state index in [0.29, 0.717) is 0 Å². The molecule has 0 saturated heterocycles. The lowest BCUT2D eigenvalue weighted by Gasteiger charge is -2.19.